The molecule has 4 nitrogen and oxygen atoms in total. The summed E-state index contributed by atoms with van der Waals surface area (Å²) in [5.74, 6) is -0.0765. The summed E-state index contributed by atoms with van der Waals surface area (Å²) in [6.07, 6.45) is 2.97. The number of likely N-dealkylation sites (tertiary alicyclic amines) is 1. The number of carbonyl (C=O) groups excluding carboxylic acids is 1. The van der Waals surface area contributed by atoms with Crippen LogP contribution in [0.5, 0.6) is 0 Å². The summed E-state index contributed by atoms with van der Waals surface area (Å²) < 4.78 is 10.5. The molecule has 0 spiro atoms. The molecule has 0 aromatic carbocycles. The molecule has 1 atom stereocenters. The van der Waals surface area contributed by atoms with Crippen LogP contribution in [0.15, 0.2) is 0 Å². The zero-order chi connectivity index (χ0) is 12.9. The average molecular weight is 243 g/mol. The summed E-state index contributed by atoms with van der Waals surface area (Å²) >= 11 is 0. The summed E-state index contributed by atoms with van der Waals surface area (Å²) in [7, 11) is 1.70. The van der Waals surface area contributed by atoms with Gasteiger partial charge in [-0.1, -0.05) is 0 Å². The van der Waals surface area contributed by atoms with Gasteiger partial charge in [0, 0.05) is 20.3 Å². The van der Waals surface area contributed by atoms with Gasteiger partial charge in [-0.05, 0) is 46.6 Å². The highest BCUT2D eigenvalue weighted by atomic mass is 16.6. The predicted molar refractivity (Wildman–Crippen MR) is 66.9 cm³/mol. The minimum Gasteiger partial charge on any atom is -0.459 e. The number of esters is 1. The Morgan fingerprint density at radius 3 is 2.71 bits per heavy atom. The minimum absolute atomic E-state index is 0.0499. The second kappa shape index (κ2) is 6.36. The van der Waals surface area contributed by atoms with Crippen molar-refractivity contribution >= 4 is 5.97 Å². The van der Waals surface area contributed by atoms with E-state index in [4.69, 9.17) is 9.47 Å². The SMILES string of the molecule is COCCCN1CCC[C@@H]1C(=O)OC(C)(C)C. The van der Waals surface area contributed by atoms with Gasteiger partial charge in [0.15, 0.2) is 0 Å². The van der Waals surface area contributed by atoms with Crippen LogP contribution in [0.25, 0.3) is 0 Å². The van der Waals surface area contributed by atoms with Gasteiger partial charge in [0.05, 0.1) is 0 Å². The smallest absolute Gasteiger partial charge is 0.323 e. The normalized spacial score (nSPS) is 21.8. The van der Waals surface area contributed by atoms with Crippen molar-refractivity contribution in [1.29, 1.82) is 0 Å². The summed E-state index contributed by atoms with van der Waals surface area (Å²) in [6.45, 7) is 8.39. The highest BCUT2D eigenvalue weighted by Crippen LogP contribution is 2.21. The van der Waals surface area contributed by atoms with Crippen molar-refractivity contribution in [3.8, 4) is 0 Å². The van der Waals surface area contributed by atoms with Crippen LogP contribution < -0.4 is 0 Å². The first-order valence-corrected chi connectivity index (χ1v) is 6.40. The van der Waals surface area contributed by atoms with E-state index in [0.717, 1.165) is 39.0 Å². The molecule has 17 heavy (non-hydrogen) atoms. The van der Waals surface area contributed by atoms with Crippen LogP contribution in [0.2, 0.25) is 0 Å². The molecule has 1 aliphatic heterocycles. The van der Waals surface area contributed by atoms with Gasteiger partial charge in [-0.15, -0.1) is 0 Å². The third-order valence-corrected chi connectivity index (χ3v) is 2.84. The van der Waals surface area contributed by atoms with E-state index in [1.807, 2.05) is 20.8 Å². The lowest BCUT2D eigenvalue weighted by atomic mass is 10.1. The molecule has 1 fully saturated rings. The summed E-state index contributed by atoms with van der Waals surface area (Å²) in [5, 5.41) is 0. The van der Waals surface area contributed by atoms with Gasteiger partial charge in [-0.25, -0.2) is 0 Å². The molecule has 1 rings (SSSR count). The van der Waals surface area contributed by atoms with E-state index in [0.29, 0.717) is 0 Å². The molecule has 0 amide bonds. The van der Waals surface area contributed by atoms with Crippen LogP contribution in [0, 0.1) is 0 Å². The number of methoxy groups -OCH3 is 1. The largest absolute Gasteiger partial charge is 0.459 e. The number of rotatable bonds is 5. The Labute approximate surface area is 104 Å². The lowest BCUT2D eigenvalue weighted by Crippen LogP contribution is -2.41. The van der Waals surface area contributed by atoms with Gasteiger partial charge in [0.2, 0.25) is 0 Å². The highest BCUT2D eigenvalue weighted by Gasteiger charge is 2.33. The molecule has 0 aromatic heterocycles. The molecule has 0 N–H and O–H groups in total. The molecular weight excluding hydrogens is 218 g/mol. The van der Waals surface area contributed by atoms with Crippen LogP contribution in [-0.2, 0) is 14.3 Å². The third-order valence-electron chi connectivity index (χ3n) is 2.84. The Hall–Kier alpha value is -0.610. The highest BCUT2D eigenvalue weighted by molar-refractivity contribution is 5.76. The second-order valence-electron chi connectivity index (χ2n) is 5.57. The maximum Gasteiger partial charge on any atom is 0.323 e. The first-order chi connectivity index (χ1) is 7.94. The van der Waals surface area contributed by atoms with Crippen molar-refractivity contribution in [2.45, 2.75) is 51.7 Å². The Morgan fingerprint density at radius 2 is 2.12 bits per heavy atom. The zero-order valence-electron chi connectivity index (χ0n) is 11.5. The van der Waals surface area contributed by atoms with E-state index < -0.39 is 5.60 Å². The topological polar surface area (TPSA) is 38.8 Å². The van der Waals surface area contributed by atoms with Crippen LogP contribution in [0.3, 0.4) is 0 Å². The Morgan fingerprint density at radius 1 is 1.41 bits per heavy atom. The van der Waals surface area contributed by atoms with E-state index in [-0.39, 0.29) is 12.0 Å². The Kier molecular flexibility index (Phi) is 5.40. The zero-order valence-corrected chi connectivity index (χ0v) is 11.5. The van der Waals surface area contributed by atoms with Crippen molar-refractivity contribution in [2.24, 2.45) is 0 Å². The van der Waals surface area contributed by atoms with Crippen molar-refractivity contribution in [3.05, 3.63) is 0 Å². The molecule has 0 radical (unpaired) electrons. The lowest BCUT2D eigenvalue weighted by molar-refractivity contribution is -0.160. The molecule has 0 bridgehead atoms. The molecule has 0 aliphatic carbocycles. The lowest BCUT2D eigenvalue weighted by Gasteiger charge is -2.27. The summed E-state index contributed by atoms with van der Waals surface area (Å²) in [4.78, 5) is 14.2. The fourth-order valence-corrected chi connectivity index (χ4v) is 2.14. The predicted octanol–water partition coefficient (Wildman–Crippen LogP) is 1.83. The second-order valence-corrected chi connectivity index (χ2v) is 5.57. The fourth-order valence-electron chi connectivity index (χ4n) is 2.14. The molecule has 0 aromatic rings. The number of nitrogens with zero attached hydrogens (tertiary/aromatic N) is 1. The van der Waals surface area contributed by atoms with E-state index in [9.17, 15) is 4.79 Å². The van der Waals surface area contributed by atoms with Gasteiger partial charge in [-0.2, -0.15) is 0 Å². The maximum absolute atomic E-state index is 12.0. The third kappa shape index (κ3) is 5.04. The number of hydrogen-bond donors (Lipinski definition) is 0. The number of hydrogen-bond acceptors (Lipinski definition) is 4. The first-order valence-electron chi connectivity index (χ1n) is 6.40. The monoisotopic (exact) mass is 243 g/mol. The Bertz CT molecular complexity index is 248. The van der Waals surface area contributed by atoms with Gasteiger partial charge in [-0.3, -0.25) is 9.69 Å². The van der Waals surface area contributed by atoms with Gasteiger partial charge >= 0.3 is 5.97 Å². The van der Waals surface area contributed by atoms with Crippen molar-refractivity contribution in [3.63, 3.8) is 0 Å². The maximum atomic E-state index is 12.0. The standard InChI is InChI=1S/C13H25NO3/c1-13(2,3)17-12(15)11-7-5-8-14(11)9-6-10-16-4/h11H,5-10H2,1-4H3/t11-/m1/s1. The molecule has 100 valence electrons. The van der Waals surface area contributed by atoms with Gasteiger partial charge in [0.25, 0.3) is 0 Å². The molecule has 1 aliphatic rings. The van der Waals surface area contributed by atoms with Crippen molar-refractivity contribution in [2.75, 3.05) is 26.8 Å². The Balaban J connectivity index is 2.42. The van der Waals surface area contributed by atoms with Gasteiger partial charge in [0.1, 0.15) is 11.6 Å². The number of ether oxygens (including phenoxy) is 2. The molecule has 0 saturated carbocycles. The van der Waals surface area contributed by atoms with Crippen molar-refractivity contribution < 1.29 is 14.3 Å². The summed E-state index contributed by atoms with van der Waals surface area (Å²) in [6, 6.07) is -0.0499. The van der Waals surface area contributed by atoms with Crippen LogP contribution >= 0.6 is 0 Å². The molecule has 0 unspecified atom stereocenters. The molecule has 4 heteroatoms. The number of carbonyl (C=O) groups is 1. The van der Waals surface area contributed by atoms with E-state index in [1.54, 1.807) is 7.11 Å². The van der Waals surface area contributed by atoms with E-state index in [2.05, 4.69) is 4.90 Å². The van der Waals surface area contributed by atoms with Crippen LogP contribution in [-0.4, -0.2) is 49.3 Å². The molecule has 1 saturated heterocycles. The quantitative estimate of drug-likeness (QED) is 0.545. The van der Waals surface area contributed by atoms with E-state index >= 15 is 0 Å². The van der Waals surface area contributed by atoms with Crippen molar-refractivity contribution in [1.82, 2.24) is 4.90 Å². The fraction of sp³-hybridized carbons (Fsp3) is 0.923. The average Bonchev–Trinajstić information content (AvgIpc) is 2.64. The first kappa shape index (κ1) is 14.5. The molecule has 1 heterocycles. The van der Waals surface area contributed by atoms with Crippen LogP contribution in [0.4, 0.5) is 0 Å². The van der Waals surface area contributed by atoms with E-state index in [1.165, 1.54) is 0 Å². The minimum atomic E-state index is -0.391. The summed E-state index contributed by atoms with van der Waals surface area (Å²) in [5.41, 5.74) is -0.391. The molecular formula is C13H25NO3. The van der Waals surface area contributed by atoms with Gasteiger partial charge < -0.3 is 9.47 Å². The van der Waals surface area contributed by atoms with Crippen LogP contribution in [0.1, 0.15) is 40.0 Å².